The van der Waals surface area contributed by atoms with E-state index in [1.54, 1.807) is 24.3 Å². The Labute approximate surface area is 238 Å². The van der Waals surface area contributed by atoms with Crippen LogP contribution in [0, 0.1) is 0 Å². The van der Waals surface area contributed by atoms with E-state index in [0.29, 0.717) is 32.7 Å². The zero-order valence-electron chi connectivity index (χ0n) is 22.8. The van der Waals surface area contributed by atoms with Crippen LogP contribution in [0.5, 0.6) is 5.75 Å². The quantitative estimate of drug-likeness (QED) is 0.292. The lowest BCUT2D eigenvalue weighted by Crippen LogP contribution is -2.55. The van der Waals surface area contributed by atoms with Crippen molar-refractivity contribution < 1.29 is 33.8 Å². The number of rotatable bonds is 7. The second kappa shape index (κ2) is 15.1. The Kier molecular flexibility index (Phi) is 11.1. The SMILES string of the molecule is O=C1C[C@@H](C(=O)NCCN2CCOCC2)NC(=O)c2ccccc2OC[C@@H](Cc2ccccc2)NC(=O)[C@H](CO)N1. The van der Waals surface area contributed by atoms with Gasteiger partial charge in [-0.1, -0.05) is 42.5 Å². The lowest BCUT2D eigenvalue weighted by atomic mass is 10.1. The maximum atomic E-state index is 13.3. The van der Waals surface area contributed by atoms with Crippen molar-refractivity contribution in [2.45, 2.75) is 31.0 Å². The van der Waals surface area contributed by atoms with Crippen LogP contribution >= 0.6 is 0 Å². The molecular formula is C29H37N5O7. The molecule has 1 fully saturated rings. The van der Waals surface area contributed by atoms with Gasteiger partial charge in [-0.3, -0.25) is 24.1 Å². The first-order valence-electron chi connectivity index (χ1n) is 13.8. The minimum absolute atomic E-state index is 0.0163. The minimum Gasteiger partial charge on any atom is -0.491 e. The summed E-state index contributed by atoms with van der Waals surface area (Å²) in [6.07, 6.45) is -0.0187. The molecule has 0 aromatic heterocycles. The first-order chi connectivity index (χ1) is 19.9. The van der Waals surface area contributed by atoms with Gasteiger partial charge in [0, 0.05) is 26.2 Å². The molecule has 2 aliphatic rings. The molecule has 4 amide bonds. The van der Waals surface area contributed by atoms with Crippen molar-refractivity contribution in [3.8, 4) is 5.75 Å². The second-order valence-electron chi connectivity index (χ2n) is 9.98. The average Bonchev–Trinajstić information content (AvgIpc) is 2.99. The average molecular weight is 568 g/mol. The number of hydrogen-bond donors (Lipinski definition) is 5. The van der Waals surface area contributed by atoms with Gasteiger partial charge in [-0.2, -0.15) is 0 Å². The van der Waals surface area contributed by atoms with Crippen molar-refractivity contribution in [3.63, 3.8) is 0 Å². The number of nitrogens with zero attached hydrogens (tertiary/aromatic N) is 1. The van der Waals surface area contributed by atoms with E-state index in [2.05, 4.69) is 26.2 Å². The molecule has 1 saturated heterocycles. The third-order valence-corrected chi connectivity index (χ3v) is 6.92. The van der Waals surface area contributed by atoms with Crippen LogP contribution < -0.4 is 26.0 Å². The minimum atomic E-state index is -1.25. The van der Waals surface area contributed by atoms with E-state index in [4.69, 9.17) is 9.47 Å². The van der Waals surface area contributed by atoms with Crippen LogP contribution in [0.1, 0.15) is 22.3 Å². The van der Waals surface area contributed by atoms with Crippen molar-refractivity contribution in [1.82, 2.24) is 26.2 Å². The number of hydrogen-bond acceptors (Lipinski definition) is 8. The molecule has 0 saturated carbocycles. The highest BCUT2D eigenvalue weighted by atomic mass is 16.5. The molecule has 2 aromatic carbocycles. The summed E-state index contributed by atoms with van der Waals surface area (Å²) in [6.45, 7) is 3.04. The van der Waals surface area contributed by atoms with E-state index in [1.165, 1.54) is 0 Å². The van der Waals surface area contributed by atoms with E-state index >= 15 is 0 Å². The molecule has 2 aromatic rings. The van der Waals surface area contributed by atoms with Gasteiger partial charge in [0.05, 0.1) is 37.8 Å². The summed E-state index contributed by atoms with van der Waals surface area (Å²) >= 11 is 0. The van der Waals surface area contributed by atoms with Crippen LogP contribution in [-0.2, 0) is 25.5 Å². The summed E-state index contributed by atoms with van der Waals surface area (Å²) in [6, 6.07) is 13.0. The number of ether oxygens (including phenoxy) is 2. The molecule has 0 aliphatic carbocycles. The number of amides is 4. The van der Waals surface area contributed by atoms with Crippen LogP contribution in [-0.4, -0.2) is 104 Å². The molecule has 12 nitrogen and oxygen atoms in total. The van der Waals surface area contributed by atoms with Crippen LogP contribution in [0.25, 0.3) is 0 Å². The Hall–Kier alpha value is -4.00. The Balaban J connectivity index is 1.52. The number of morpholine rings is 1. The van der Waals surface area contributed by atoms with Crippen LogP contribution in [0.2, 0.25) is 0 Å². The fourth-order valence-electron chi connectivity index (χ4n) is 4.69. The second-order valence-corrected chi connectivity index (χ2v) is 9.98. The van der Waals surface area contributed by atoms with Gasteiger partial charge in [0.25, 0.3) is 5.91 Å². The van der Waals surface area contributed by atoms with Gasteiger partial charge in [0.2, 0.25) is 17.7 Å². The fraction of sp³-hybridized carbons (Fsp3) is 0.448. The van der Waals surface area contributed by atoms with E-state index < -0.39 is 54.8 Å². The van der Waals surface area contributed by atoms with E-state index in [9.17, 15) is 24.3 Å². The molecule has 0 bridgehead atoms. The fourth-order valence-corrected chi connectivity index (χ4v) is 4.69. The number of carbonyl (C=O) groups excluding carboxylic acids is 4. The van der Waals surface area contributed by atoms with E-state index in [0.717, 1.165) is 18.7 Å². The summed E-state index contributed by atoms with van der Waals surface area (Å²) in [4.78, 5) is 54.6. The van der Waals surface area contributed by atoms with Crippen molar-refractivity contribution in [3.05, 3.63) is 65.7 Å². The summed E-state index contributed by atoms with van der Waals surface area (Å²) in [5.41, 5.74) is 1.13. The van der Waals surface area contributed by atoms with Crippen LogP contribution in [0.3, 0.4) is 0 Å². The number of nitrogens with one attached hydrogen (secondary N) is 4. The number of carbonyl (C=O) groups is 4. The molecule has 0 spiro atoms. The van der Waals surface area contributed by atoms with Crippen LogP contribution in [0.4, 0.5) is 0 Å². The predicted octanol–water partition coefficient (Wildman–Crippen LogP) is -0.779. The molecule has 5 N–H and O–H groups in total. The third-order valence-electron chi connectivity index (χ3n) is 6.92. The lowest BCUT2D eigenvalue weighted by Gasteiger charge is -2.27. The molecule has 0 radical (unpaired) electrons. The summed E-state index contributed by atoms with van der Waals surface area (Å²) in [5.74, 6) is -2.12. The number of fused-ring (bicyclic) bond motifs is 1. The number of aliphatic hydroxyl groups excluding tert-OH is 1. The Bertz CT molecular complexity index is 1190. The van der Waals surface area contributed by atoms with Gasteiger partial charge in [-0.25, -0.2) is 0 Å². The molecule has 220 valence electrons. The first-order valence-corrected chi connectivity index (χ1v) is 13.8. The van der Waals surface area contributed by atoms with Crippen LogP contribution in [0.15, 0.2) is 54.6 Å². The van der Waals surface area contributed by atoms with Gasteiger partial charge in [-0.05, 0) is 24.1 Å². The first kappa shape index (κ1) is 30.0. The molecule has 2 heterocycles. The largest absolute Gasteiger partial charge is 0.491 e. The lowest BCUT2D eigenvalue weighted by molar-refractivity contribution is -0.132. The predicted molar refractivity (Wildman–Crippen MR) is 149 cm³/mol. The van der Waals surface area contributed by atoms with Crippen molar-refractivity contribution in [1.29, 1.82) is 0 Å². The zero-order chi connectivity index (χ0) is 29.0. The zero-order valence-corrected chi connectivity index (χ0v) is 22.8. The Morgan fingerprint density at radius 3 is 2.46 bits per heavy atom. The maximum Gasteiger partial charge on any atom is 0.255 e. The van der Waals surface area contributed by atoms with Gasteiger partial charge in [0.1, 0.15) is 24.4 Å². The normalized spacial score (nSPS) is 22.7. The molecule has 4 rings (SSSR count). The number of aliphatic hydroxyl groups is 1. The standard InChI is InChI=1S/C29H37N5O7/c35-18-24-29(39)31-21(16-20-6-2-1-3-7-20)19-41-25-9-5-4-8-22(25)27(37)33-23(17-26(36)32-24)28(38)30-10-11-34-12-14-40-15-13-34/h1-9,21,23-24,35H,10-19H2,(H,30,38)(H,31,39)(H,32,36)(H,33,37)/t21-,23+,24+/m1/s1. The van der Waals surface area contributed by atoms with Crippen molar-refractivity contribution in [2.75, 3.05) is 52.6 Å². The Morgan fingerprint density at radius 2 is 1.71 bits per heavy atom. The highest BCUT2D eigenvalue weighted by molar-refractivity contribution is 6.01. The molecular weight excluding hydrogens is 530 g/mol. The smallest absolute Gasteiger partial charge is 0.255 e. The highest BCUT2D eigenvalue weighted by Gasteiger charge is 2.30. The maximum absolute atomic E-state index is 13.3. The molecule has 3 atom stereocenters. The molecule has 41 heavy (non-hydrogen) atoms. The summed E-state index contributed by atoms with van der Waals surface area (Å²) < 4.78 is 11.4. The topological polar surface area (TPSA) is 158 Å². The van der Waals surface area contributed by atoms with Gasteiger partial charge in [0.15, 0.2) is 0 Å². The van der Waals surface area contributed by atoms with E-state index in [-0.39, 0.29) is 17.9 Å². The number of benzene rings is 2. The van der Waals surface area contributed by atoms with Gasteiger partial charge in [-0.15, -0.1) is 0 Å². The summed E-state index contributed by atoms with van der Waals surface area (Å²) in [7, 11) is 0. The van der Waals surface area contributed by atoms with E-state index in [1.807, 2.05) is 30.3 Å². The van der Waals surface area contributed by atoms with Gasteiger partial charge < -0.3 is 35.8 Å². The molecule has 12 heteroatoms. The third kappa shape index (κ3) is 9.00. The highest BCUT2D eigenvalue weighted by Crippen LogP contribution is 2.19. The van der Waals surface area contributed by atoms with Crippen molar-refractivity contribution in [2.24, 2.45) is 0 Å². The van der Waals surface area contributed by atoms with Crippen molar-refractivity contribution >= 4 is 23.6 Å². The molecule has 2 aliphatic heterocycles. The Morgan fingerprint density at radius 1 is 0.976 bits per heavy atom. The molecule has 0 unspecified atom stereocenters. The summed E-state index contributed by atoms with van der Waals surface area (Å²) in [5, 5.41) is 20.6. The monoisotopic (exact) mass is 567 g/mol. The number of para-hydroxylation sites is 1. The van der Waals surface area contributed by atoms with Gasteiger partial charge >= 0.3 is 0 Å².